The van der Waals surface area contributed by atoms with Crippen LogP contribution in [-0.2, 0) is 0 Å². The molecule has 0 saturated heterocycles. The van der Waals surface area contributed by atoms with Crippen molar-refractivity contribution in [2.24, 2.45) is 0 Å². The molecule has 1 aromatic carbocycles. The van der Waals surface area contributed by atoms with Crippen molar-refractivity contribution in [2.45, 2.75) is 0 Å². The van der Waals surface area contributed by atoms with Gasteiger partial charge >= 0.3 is 17.6 Å². The van der Waals surface area contributed by atoms with Crippen LogP contribution in [-0.4, -0.2) is 17.6 Å². The monoisotopic (exact) mass is 156 g/mol. The van der Waals surface area contributed by atoms with Crippen molar-refractivity contribution in [1.82, 2.24) is 0 Å². The van der Waals surface area contributed by atoms with Crippen molar-refractivity contribution in [1.29, 1.82) is 0 Å². The molecular weight excluding hydrogens is 145 g/mol. The second-order valence-corrected chi connectivity index (χ2v) is 1.15. The van der Waals surface area contributed by atoms with Crippen LogP contribution in [0.4, 0.5) is 0 Å². The summed E-state index contributed by atoms with van der Waals surface area (Å²) in [5, 5.41) is 0. The summed E-state index contributed by atoms with van der Waals surface area (Å²) < 4.78 is 0. The molecule has 0 spiro atoms. The van der Waals surface area contributed by atoms with Crippen molar-refractivity contribution in [2.75, 3.05) is 0 Å². The van der Waals surface area contributed by atoms with E-state index in [9.17, 15) is 0 Å². The normalized spacial score (nSPS) is 6.86. The minimum absolute atomic E-state index is 0. The molecule has 1 heteroatoms. The molecule has 0 fully saturated rings. The van der Waals surface area contributed by atoms with Crippen molar-refractivity contribution in [3.8, 4) is 0 Å². The van der Waals surface area contributed by atoms with Crippen LogP contribution in [0.3, 0.4) is 0 Å². The first kappa shape index (κ1) is 6.76. The molecule has 1 aromatic rings. The zero-order chi connectivity index (χ0) is 4.24. The third-order valence-electron chi connectivity index (χ3n) is 0.667. The van der Waals surface area contributed by atoms with Gasteiger partial charge < -0.3 is 0 Å². The molecule has 0 aliphatic carbocycles. The molecule has 0 aliphatic heterocycles. The summed E-state index contributed by atoms with van der Waals surface area (Å²) in [4.78, 5) is 0. The molecule has 0 unspecified atom stereocenters. The summed E-state index contributed by atoms with van der Waals surface area (Å²) >= 11 is 0. The second-order valence-electron chi connectivity index (χ2n) is 1.15. The van der Waals surface area contributed by atoms with Gasteiger partial charge in [0.2, 0.25) is 0 Å². The maximum absolute atomic E-state index is 2.00. The summed E-state index contributed by atoms with van der Waals surface area (Å²) in [5.41, 5.74) is 0. The van der Waals surface area contributed by atoms with E-state index in [1.165, 1.54) is 0 Å². The number of rotatable bonds is 0. The fraction of sp³-hybridized carbons (Fsp3) is 0. The van der Waals surface area contributed by atoms with E-state index in [-0.39, 0.29) is 17.6 Å². The molecule has 0 saturated carbocycles. The zero-order valence-corrected chi connectivity index (χ0v) is 3.46. The molecule has 0 nitrogen and oxygen atoms in total. The maximum atomic E-state index is 2.00. The molecule has 0 aliphatic rings. The van der Waals surface area contributed by atoms with Crippen molar-refractivity contribution in [3.05, 3.63) is 36.4 Å². The fourth-order valence-electron chi connectivity index (χ4n) is 0.385. The molecular formula is C6H10Ge. The van der Waals surface area contributed by atoms with Gasteiger partial charge in [-0.05, 0) is 0 Å². The van der Waals surface area contributed by atoms with E-state index in [0.29, 0.717) is 0 Å². The average Bonchev–Trinajstić information content (AvgIpc) is 1.72. The van der Waals surface area contributed by atoms with Crippen molar-refractivity contribution in [3.63, 3.8) is 0 Å². The van der Waals surface area contributed by atoms with Crippen LogP contribution < -0.4 is 0 Å². The van der Waals surface area contributed by atoms with E-state index >= 15 is 0 Å². The van der Waals surface area contributed by atoms with E-state index in [1.807, 2.05) is 36.4 Å². The third-order valence-corrected chi connectivity index (χ3v) is 0.667. The van der Waals surface area contributed by atoms with E-state index in [4.69, 9.17) is 0 Å². The summed E-state index contributed by atoms with van der Waals surface area (Å²) in [6, 6.07) is 12.0. The van der Waals surface area contributed by atoms with E-state index in [1.54, 1.807) is 0 Å². The zero-order valence-electron chi connectivity index (χ0n) is 3.46. The largest absolute Gasteiger partial charge is 0.0623 e. The summed E-state index contributed by atoms with van der Waals surface area (Å²) in [6.07, 6.45) is 0. The van der Waals surface area contributed by atoms with Gasteiger partial charge in [-0.1, -0.05) is 36.4 Å². The number of hydrogen-bond acceptors (Lipinski definition) is 0. The first-order valence-corrected chi connectivity index (χ1v) is 2.00. The van der Waals surface area contributed by atoms with Gasteiger partial charge in [-0.15, -0.1) is 0 Å². The smallest absolute Gasteiger partial charge is 0.0623 e. The Labute approximate surface area is 54.5 Å². The summed E-state index contributed by atoms with van der Waals surface area (Å²) in [6.45, 7) is 0. The van der Waals surface area contributed by atoms with Gasteiger partial charge in [0.1, 0.15) is 0 Å². The Morgan fingerprint density at radius 1 is 0.429 bits per heavy atom. The molecule has 7 heavy (non-hydrogen) atoms. The summed E-state index contributed by atoms with van der Waals surface area (Å²) in [7, 11) is 0. The Morgan fingerprint density at radius 3 is 0.714 bits per heavy atom. The van der Waals surface area contributed by atoms with Gasteiger partial charge in [-0.3, -0.25) is 0 Å². The predicted octanol–water partition coefficient (Wildman–Crippen LogP) is 0.235. The molecule has 38 valence electrons. The molecule has 1 rings (SSSR count). The topological polar surface area (TPSA) is 0 Å². The number of benzene rings is 1. The van der Waals surface area contributed by atoms with Crippen LogP contribution in [0, 0.1) is 0 Å². The van der Waals surface area contributed by atoms with Crippen LogP contribution in [0.15, 0.2) is 36.4 Å². The SMILES string of the molecule is [GeH4].c1ccccc1. The quantitative estimate of drug-likeness (QED) is 0.470. The van der Waals surface area contributed by atoms with Crippen LogP contribution in [0.1, 0.15) is 0 Å². The van der Waals surface area contributed by atoms with Gasteiger partial charge in [-0.25, -0.2) is 0 Å². The first-order valence-electron chi connectivity index (χ1n) is 2.00. The molecule has 0 radical (unpaired) electrons. The minimum atomic E-state index is 0. The fourth-order valence-corrected chi connectivity index (χ4v) is 0.385. The van der Waals surface area contributed by atoms with E-state index in [0.717, 1.165) is 0 Å². The molecule has 0 aromatic heterocycles. The van der Waals surface area contributed by atoms with Gasteiger partial charge in [0.25, 0.3) is 0 Å². The Kier molecular flexibility index (Phi) is 3.80. The molecule has 0 amide bonds. The third kappa shape index (κ3) is 2.46. The van der Waals surface area contributed by atoms with Crippen LogP contribution in [0.5, 0.6) is 0 Å². The standard InChI is InChI=1S/C6H6.GeH4/c1-2-4-6-5-3-1;/h1-6H;1H4. The minimum Gasteiger partial charge on any atom is -0.0623 e. The molecule has 0 bridgehead atoms. The second kappa shape index (κ2) is 3.94. The first-order chi connectivity index (χ1) is 3.00. The van der Waals surface area contributed by atoms with Crippen molar-refractivity contribution >= 4 is 17.6 Å². The Bertz CT molecular complexity index is 76.1. The van der Waals surface area contributed by atoms with Gasteiger partial charge in [-0.2, -0.15) is 0 Å². The van der Waals surface area contributed by atoms with Gasteiger partial charge in [0.15, 0.2) is 0 Å². The Hall–Kier alpha value is -0.237. The average molecular weight is 155 g/mol. The Balaban J connectivity index is 0.000000360. The van der Waals surface area contributed by atoms with Crippen LogP contribution in [0.25, 0.3) is 0 Å². The maximum Gasteiger partial charge on any atom is -0.0623 e. The van der Waals surface area contributed by atoms with E-state index < -0.39 is 0 Å². The van der Waals surface area contributed by atoms with Gasteiger partial charge in [0, 0.05) is 0 Å². The molecule has 0 N–H and O–H groups in total. The van der Waals surface area contributed by atoms with Crippen LogP contribution in [0.2, 0.25) is 0 Å². The summed E-state index contributed by atoms with van der Waals surface area (Å²) in [5.74, 6) is 0. The Morgan fingerprint density at radius 2 is 0.571 bits per heavy atom. The van der Waals surface area contributed by atoms with Crippen LogP contribution >= 0.6 is 0 Å². The molecule has 0 heterocycles. The predicted molar refractivity (Wildman–Crippen MR) is 37.8 cm³/mol. The van der Waals surface area contributed by atoms with Gasteiger partial charge in [0.05, 0.1) is 0 Å². The number of hydrogen-bond donors (Lipinski definition) is 0. The van der Waals surface area contributed by atoms with Crippen molar-refractivity contribution < 1.29 is 0 Å². The molecule has 0 atom stereocenters. The van der Waals surface area contributed by atoms with E-state index in [2.05, 4.69) is 0 Å².